The Morgan fingerprint density at radius 1 is 1.50 bits per heavy atom. The molecule has 0 aliphatic heterocycles. The van der Waals surface area contributed by atoms with Crippen LogP contribution < -0.4 is 0 Å². The summed E-state index contributed by atoms with van der Waals surface area (Å²) in [6.07, 6.45) is 5.66. The van der Waals surface area contributed by atoms with Crippen molar-refractivity contribution in [3.63, 3.8) is 0 Å². The minimum atomic E-state index is 0. The summed E-state index contributed by atoms with van der Waals surface area (Å²) in [7, 11) is 0. The molecule has 0 aromatic heterocycles. The first-order chi connectivity index (χ1) is 4.22. The number of allylic oxidation sites excluding steroid dienone is 4. The summed E-state index contributed by atoms with van der Waals surface area (Å²) in [6, 6.07) is 0. The molecular weight excluding hydrogens is 179 g/mol. The van der Waals surface area contributed by atoms with Gasteiger partial charge in [-0.3, -0.25) is 0 Å². The first-order valence-corrected chi connectivity index (χ1v) is 4.11. The smallest absolute Gasteiger partial charge is 0.147 e. The van der Waals surface area contributed by atoms with E-state index in [2.05, 4.69) is 46.4 Å². The summed E-state index contributed by atoms with van der Waals surface area (Å²) in [5.74, 6) is 0.712. The Balaban J connectivity index is 0.000000810. The molecule has 0 aromatic carbocycles. The van der Waals surface area contributed by atoms with Crippen LogP contribution in [0.4, 0.5) is 0 Å². The van der Waals surface area contributed by atoms with E-state index in [1.54, 1.807) is 3.88 Å². The molecule has 0 atom stereocenters. The largest absolute Gasteiger partial charge is 0.147 e. The molecule has 1 aliphatic rings. The van der Waals surface area contributed by atoms with Gasteiger partial charge in [0.2, 0.25) is 0 Å². The van der Waals surface area contributed by atoms with E-state index < -0.39 is 0 Å². The molecule has 0 aromatic rings. The Hall–Kier alpha value is 0.484. The normalized spacial score (nSPS) is 16.2. The van der Waals surface area contributed by atoms with Crippen molar-refractivity contribution in [2.75, 3.05) is 0 Å². The van der Waals surface area contributed by atoms with Crippen LogP contribution in [0.5, 0.6) is 0 Å². The molecule has 1 aliphatic carbocycles. The maximum absolute atomic E-state index is 2.25. The van der Waals surface area contributed by atoms with Gasteiger partial charge >= 0.3 is 68.2 Å². The van der Waals surface area contributed by atoms with E-state index in [4.69, 9.17) is 0 Å². The second kappa shape index (κ2) is 4.38. The van der Waals surface area contributed by atoms with Crippen LogP contribution in [-0.2, 0) is 20.4 Å². The minimum absolute atomic E-state index is 0. The van der Waals surface area contributed by atoms with Gasteiger partial charge in [0.05, 0.1) is 0 Å². The van der Waals surface area contributed by atoms with E-state index in [-0.39, 0.29) is 12.4 Å². The van der Waals surface area contributed by atoms with Crippen LogP contribution in [0, 0.1) is 5.92 Å². The summed E-state index contributed by atoms with van der Waals surface area (Å²) >= 11 is 2.22. The molecule has 0 radical (unpaired) electrons. The first kappa shape index (κ1) is 10.5. The molecule has 0 saturated heterocycles. The van der Waals surface area contributed by atoms with Crippen molar-refractivity contribution in [1.29, 1.82) is 0 Å². The molecule has 0 amide bonds. The number of rotatable bonds is 1. The summed E-state index contributed by atoms with van der Waals surface area (Å²) < 4.78 is 1.55. The topological polar surface area (TPSA) is 0 Å². The molecule has 0 saturated carbocycles. The third-order valence-electron chi connectivity index (χ3n) is 1.59. The maximum atomic E-state index is 2.25. The summed E-state index contributed by atoms with van der Waals surface area (Å²) in [5.41, 5.74) is 1.54. The summed E-state index contributed by atoms with van der Waals surface area (Å²) in [5, 5.41) is 0. The zero-order valence-electron chi connectivity index (χ0n) is 6.35. The Morgan fingerprint density at radius 3 is 2.30 bits per heavy atom. The third-order valence-corrected chi connectivity index (χ3v) is 2.36. The van der Waals surface area contributed by atoms with Crippen molar-refractivity contribution in [2.45, 2.75) is 20.3 Å². The van der Waals surface area contributed by atoms with Crippen LogP contribution in [0.2, 0.25) is 0 Å². The van der Waals surface area contributed by atoms with E-state index in [0.29, 0.717) is 5.92 Å². The monoisotopic (exact) mass is 191 g/mol. The number of hydrogen-bond donors (Lipinski definition) is 0. The average molecular weight is 192 g/mol. The number of halogens is 1. The van der Waals surface area contributed by atoms with E-state index >= 15 is 0 Å². The van der Waals surface area contributed by atoms with Gasteiger partial charge in [-0.1, -0.05) is 0 Å². The molecule has 55 valence electrons. The van der Waals surface area contributed by atoms with Gasteiger partial charge in [-0.15, -0.1) is 12.4 Å². The van der Waals surface area contributed by atoms with E-state index in [0.717, 1.165) is 0 Å². The SMILES string of the molecule is CC(C)C1=[C]([Ti])CC=C1.Cl. The van der Waals surface area contributed by atoms with Crippen molar-refractivity contribution in [1.82, 2.24) is 0 Å². The van der Waals surface area contributed by atoms with Crippen molar-refractivity contribution < 1.29 is 20.4 Å². The average Bonchev–Trinajstić information content (AvgIpc) is 2.13. The Morgan fingerprint density at radius 2 is 2.10 bits per heavy atom. The Kier molecular flexibility index (Phi) is 4.59. The molecule has 0 spiro atoms. The fourth-order valence-electron chi connectivity index (χ4n) is 1.06. The van der Waals surface area contributed by atoms with Crippen LogP contribution in [0.3, 0.4) is 0 Å². The van der Waals surface area contributed by atoms with Gasteiger partial charge in [0.1, 0.15) is 0 Å². The maximum Gasteiger partial charge on any atom is -0.147 e. The quantitative estimate of drug-likeness (QED) is 0.559. The van der Waals surface area contributed by atoms with E-state index in [9.17, 15) is 0 Å². The van der Waals surface area contributed by atoms with Crippen LogP contribution >= 0.6 is 12.4 Å². The summed E-state index contributed by atoms with van der Waals surface area (Å²) in [4.78, 5) is 0. The van der Waals surface area contributed by atoms with Crippen LogP contribution in [-0.4, -0.2) is 0 Å². The van der Waals surface area contributed by atoms with Gasteiger partial charge in [0, 0.05) is 0 Å². The first-order valence-electron chi connectivity index (χ1n) is 3.33. The molecular formula is C8H12ClTi. The minimum Gasteiger partial charge on any atom is -0.147 e. The Bertz CT molecular complexity index is 168. The molecule has 2 heteroatoms. The zero-order chi connectivity index (χ0) is 6.85. The molecule has 0 nitrogen and oxygen atoms in total. The molecule has 10 heavy (non-hydrogen) atoms. The predicted octanol–water partition coefficient (Wildman–Crippen LogP) is 2.83. The van der Waals surface area contributed by atoms with Crippen molar-refractivity contribution in [3.05, 3.63) is 21.6 Å². The number of hydrogen-bond acceptors (Lipinski definition) is 0. The van der Waals surface area contributed by atoms with Gasteiger partial charge in [-0.2, -0.15) is 0 Å². The van der Waals surface area contributed by atoms with Crippen LogP contribution in [0.1, 0.15) is 20.3 Å². The van der Waals surface area contributed by atoms with Gasteiger partial charge in [0.25, 0.3) is 0 Å². The van der Waals surface area contributed by atoms with E-state index in [1.165, 1.54) is 12.0 Å². The van der Waals surface area contributed by atoms with Gasteiger partial charge in [-0.25, -0.2) is 0 Å². The van der Waals surface area contributed by atoms with Crippen LogP contribution in [0.15, 0.2) is 21.6 Å². The van der Waals surface area contributed by atoms with E-state index in [1.807, 2.05) is 0 Å². The second-order valence-corrected chi connectivity index (χ2v) is 3.64. The predicted molar refractivity (Wildman–Crippen MR) is 42.9 cm³/mol. The molecule has 1 rings (SSSR count). The summed E-state index contributed by atoms with van der Waals surface area (Å²) in [6.45, 7) is 4.49. The zero-order valence-corrected chi connectivity index (χ0v) is 8.73. The van der Waals surface area contributed by atoms with Gasteiger partial charge < -0.3 is 0 Å². The Labute approximate surface area is 80.6 Å². The van der Waals surface area contributed by atoms with Crippen LogP contribution in [0.25, 0.3) is 0 Å². The van der Waals surface area contributed by atoms with Gasteiger partial charge in [0.15, 0.2) is 0 Å². The molecule has 0 N–H and O–H groups in total. The van der Waals surface area contributed by atoms with Crippen molar-refractivity contribution >= 4 is 12.4 Å². The fourth-order valence-corrected chi connectivity index (χ4v) is 1.83. The molecule has 0 fully saturated rings. The molecule has 0 bridgehead atoms. The molecule has 0 unspecified atom stereocenters. The van der Waals surface area contributed by atoms with Gasteiger partial charge in [-0.05, 0) is 0 Å². The second-order valence-electron chi connectivity index (χ2n) is 2.70. The molecule has 0 heterocycles. The van der Waals surface area contributed by atoms with Crippen molar-refractivity contribution in [2.24, 2.45) is 5.92 Å². The van der Waals surface area contributed by atoms with Crippen molar-refractivity contribution in [3.8, 4) is 0 Å². The standard InChI is InChI=1S/C8H11.ClH.Ti/c1-7(2)8-5-3-4-6-8;;/h3,5,7H,4H2,1-2H3;1H;. The third kappa shape index (κ3) is 2.27. The fraction of sp³-hybridized carbons (Fsp3) is 0.500.